The van der Waals surface area contributed by atoms with E-state index in [0.717, 1.165) is 53.4 Å². The normalized spacial score (nSPS) is 13.5. The van der Waals surface area contributed by atoms with Crippen molar-refractivity contribution >= 4 is 22.4 Å². The van der Waals surface area contributed by atoms with Crippen LogP contribution in [0.15, 0.2) is 60.7 Å². The quantitative estimate of drug-likeness (QED) is 0.515. The van der Waals surface area contributed by atoms with Gasteiger partial charge in [-0.25, -0.2) is 4.98 Å². The van der Waals surface area contributed by atoms with E-state index in [0.29, 0.717) is 23.6 Å². The SMILES string of the molecule is C=C(C#N)CNc1c(OC)ccc2ccc(-c3cccc(C(=O)NC4CCCC4)n3)cc12. The van der Waals surface area contributed by atoms with Gasteiger partial charge in [-0.3, -0.25) is 4.79 Å². The highest BCUT2D eigenvalue weighted by Gasteiger charge is 2.19. The van der Waals surface area contributed by atoms with Gasteiger partial charge >= 0.3 is 0 Å². The second-order valence-electron chi connectivity index (χ2n) is 8.01. The summed E-state index contributed by atoms with van der Waals surface area (Å²) < 4.78 is 5.54. The second-order valence-corrected chi connectivity index (χ2v) is 8.01. The fourth-order valence-electron chi connectivity index (χ4n) is 4.10. The van der Waals surface area contributed by atoms with Crippen molar-refractivity contribution in [1.82, 2.24) is 10.3 Å². The molecule has 1 saturated carbocycles. The second kappa shape index (κ2) is 9.52. The number of hydrogen-bond donors (Lipinski definition) is 2. The van der Waals surface area contributed by atoms with Crippen LogP contribution in [-0.2, 0) is 0 Å². The van der Waals surface area contributed by atoms with Gasteiger partial charge in [0.1, 0.15) is 11.4 Å². The highest BCUT2D eigenvalue weighted by molar-refractivity contribution is 5.99. The van der Waals surface area contributed by atoms with Gasteiger partial charge < -0.3 is 15.4 Å². The molecule has 1 aliphatic rings. The molecule has 0 atom stereocenters. The van der Waals surface area contributed by atoms with Gasteiger partial charge in [-0.15, -0.1) is 0 Å². The summed E-state index contributed by atoms with van der Waals surface area (Å²) in [5.74, 6) is 0.552. The van der Waals surface area contributed by atoms with E-state index < -0.39 is 0 Å². The zero-order valence-electron chi connectivity index (χ0n) is 18.1. The Morgan fingerprint density at radius 3 is 2.75 bits per heavy atom. The Hall–Kier alpha value is -3.85. The standard InChI is InChI=1S/C26H26N4O2/c1-17(15-27)16-28-25-21-14-19(11-10-18(21)12-13-24(25)32-2)22-8-5-9-23(30-22)26(31)29-20-6-3-4-7-20/h5,8-14,20,28H,1,3-4,6-7,16H2,2H3,(H,29,31). The van der Waals surface area contributed by atoms with Gasteiger partial charge in [-0.05, 0) is 42.5 Å². The third kappa shape index (κ3) is 4.57. The number of rotatable bonds is 7. The molecule has 1 amide bonds. The lowest BCUT2D eigenvalue weighted by Crippen LogP contribution is -2.33. The molecule has 1 fully saturated rings. The fraction of sp³-hybridized carbons (Fsp3) is 0.269. The molecule has 0 spiro atoms. The van der Waals surface area contributed by atoms with Gasteiger partial charge in [0.15, 0.2) is 0 Å². The molecule has 4 rings (SSSR count). The van der Waals surface area contributed by atoms with Crippen LogP contribution in [0.1, 0.15) is 36.2 Å². The molecule has 1 aliphatic carbocycles. The number of anilines is 1. The summed E-state index contributed by atoms with van der Waals surface area (Å²) in [6.45, 7) is 4.06. The van der Waals surface area contributed by atoms with E-state index in [1.165, 1.54) is 0 Å². The third-order valence-electron chi connectivity index (χ3n) is 5.81. The summed E-state index contributed by atoms with van der Waals surface area (Å²) >= 11 is 0. The van der Waals surface area contributed by atoms with Crippen LogP contribution in [0.3, 0.4) is 0 Å². The van der Waals surface area contributed by atoms with E-state index in [4.69, 9.17) is 10.00 Å². The molecule has 1 aromatic heterocycles. The lowest BCUT2D eigenvalue weighted by atomic mass is 10.0. The number of carbonyl (C=O) groups excluding carboxylic acids is 1. The first kappa shape index (κ1) is 21.4. The maximum Gasteiger partial charge on any atom is 0.270 e. The molecule has 162 valence electrons. The number of nitrogens with zero attached hydrogens (tertiary/aromatic N) is 2. The number of ether oxygens (including phenoxy) is 1. The molecular weight excluding hydrogens is 400 g/mol. The Morgan fingerprint density at radius 1 is 1.22 bits per heavy atom. The lowest BCUT2D eigenvalue weighted by Gasteiger charge is -2.15. The van der Waals surface area contributed by atoms with Crippen molar-refractivity contribution in [3.63, 3.8) is 0 Å². The number of methoxy groups -OCH3 is 1. The van der Waals surface area contributed by atoms with Crippen LogP contribution in [0.2, 0.25) is 0 Å². The van der Waals surface area contributed by atoms with E-state index in [1.54, 1.807) is 13.2 Å². The molecule has 1 heterocycles. The predicted molar refractivity (Wildman–Crippen MR) is 127 cm³/mol. The highest BCUT2D eigenvalue weighted by Crippen LogP contribution is 2.35. The minimum absolute atomic E-state index is 0.126. The van der Waals surface area contributed by atoms with Crippen molar-refractivity contribution < 1.29 is 9.53 Å². The minimum Gasteiger partial charge on any atom is -0.495 e. The van der Waals surface area contributed by atoms with Crippen LogP contribution in [0.4, 0.5) is 5.69 Å². The largest absolute Gasteiger partial charge is 0.495 e. The number of hydrogen-bond acceptors (Lipinski definition) is 5. The van der Waals surface area contributed by atoms with Gasteiger partial charge in [0.25, 0.3) is 5.91 Å². The van der Waals surface area contributed by atoms with Gasteiger partial charge in [0.2, 0.25) is 0 Å². The first-order valence-corrected chi connectivity index (χ1v) is 10.8. The van der Waals surface area contributed by atoms with E-state index in [2.05, 4.69) is 28.3 Å². The van der Waals surface area contributed by atoms with Crippen molar-refractivity contribution in [1.29, 1.82) is 5.26 Å². The zero-order valence-corrected chi connectivity index (χ0v) is 18.1. The van der Waals surface area contributed by atoms with Crippen molar-refractivity contribution in [3.8, 4) is 23.1 Å². The molecule has 3 aromatic rings. The van der Waals surface area contributed by atoms with Crippen LogP contribution in [-0.4, -0.2) is 30.6 Å². The highest BCUT2D eigenvalue weighted by atomic mass is 16.5. The van der Waals surface area contributed by atoms with Gasteiger partial charge in [-0.1, -0.05) is 43.7 Å². The summed E-state index contributed by atoms with van der Waals surface area (Å²) in [5, 5.41) is 17.4. The average molecular weight is 427 g/mol. The smallest absolute Gasteiger partial charge is 0.270 e. The Kier molecular flexibility index (Phi) is 6.37. The first-order chi connectivity index (χ1) is 15.6. The van der Waals surface area contributed by atoms with Crippen LogP contribution in [0, 0.1) is 11.3 Å². The molecule has 0 aliphatic heterocycles. The maximum absolute atomic E-state index is 12.7. The number of nitrogens with one attached hydrogen (secondary N) is 2. The van der Waals surface area contributed by atoms with Gasteiger partial charge in [-0.2, -0.15) is 5.26 Å². The van der Waals surface area contributed by atoms with Crippen LogP contribution in [0.5, 0.6) is 5.75 Å². The maximum atomic E-state index is 12.7. The van der Waals surface area contributed by atoms with Crippen LogP contribution < -0.4 is 15.4 Å². The monoisotopic (exact) mass is 426 g/mol. The van der Waals surface area contributed by atoms with Crippen molar-refractivity contribution in [2.75, 3.05) is 19.0 Å². The van der Waals surface area contributed by atoms with E-state index in [-0.39, 0.29) is 11.9 Å². The van der Waals surface area contributed by atoms with Crippen molar-refractivity contribution in [2.24, 2.45) is 0 Å². The van der Waals surface area contributed by atoms with E-state index >= 15 is 0 Å². The Bertz CT molecular complexity index is 1210. The molecular formula is C26H26N4O2. The molecule has 6 heteroatoms. The summed E-state index contributed by atoms with van der Waals surface area (Å²) in [7, 11) is 1.61. The zero-order chi connectivity index (χ0) is 22.5. The molecule has 0 saturated heterocycles. The van der Waals surface area contributed by atoms with Crippen molar-refractivity contribution in [3.05, 3.63) is 66.4 Å². The average Bonchev–Trinajstić information content (AvgIpc) is 3.34. The summed E-state index contributed by atoms with van der Waals surface area (Å²) in [5.41, 5.74) is 3.26. The van der Waals surface area contributed by atoms with Crippen LogP contribution in [0.25, 0.3) is 22.0 Å². The number of benzene rings is 2. The molecule has 2 aromatic carbocycles. The Morgan fingerprint density at radius 2 is 2.00 bits per heavy atom. The van der Waals surface area contributed by atoms with Gasteiger partial charge in [0.05, 0.1) is 24.6 Å². The lowest BCUT2D eigenvalue weighted by molar-refractivity contribution is 0.0933. The Labute approximate surface area is 187 Å². The van der Waals surface area contributed by atoms with Crippen LogP contribution >= 0.6 is 0 Å². The molecule has 32 heavy (non-hydrogen) atoms. The number of amides is 1. The molecule has 0 radical (unpaired) electrons. The number of pyridine rings is 1. The van der Waals surface area contributed by atoms with Crippen molar-refractivity contribution in [2.45, 2.75) is 31.7 Å². The number of aromatic nitrogens is 1. The van der Waals surface area contributed by atoms with E-state index in [1.807, 2.05) is 42.5 Å². The minimum atomic E-state index is -0.126. The molecule has 0 unspecified atom stereocenters. The summed E-state index contributed by atoms with van der Waals surface area (Å²) in [4.78, 5) is 17.3. The number of nitriles is 1. The third-order valence-corrected chi connectivity index (χ3v) is 5.81. The molecule has 6 nitrogen and oxygen atoms in total. The number of fused-ring (bicyclic) bond motifs is 1. The molecule has 0 bridgehead atoms. The topological polar surface area (TPSA) is 87.0 Å². The summed E-state index contributed by atoms with van der Waals surface area (Å²) in [6, 6.07) is 17.7. The predicted octanol–water partition coefficient (Wildman–Crippen LogP) is 5.07. The molecule has 2 N–H and O–H groups in total. The first-order valence-electron chi connectivity index (χ1n) is 10.8. The summed E-state index contributed by atoms with van der Waals surface area (Å²) in [6.07, 6.45) is 4.39. The van der Waals surface area contributed by atoms with Gasteiger partial charge in [0, 0.05) is 29.1 Å². The number of carbonyl (C=O) groups is 1. The fourth-order valence-corrected chi connectivity index (χ4v) is 4.10. The Balaban J connectivity index is 1.68. The van der Waals surface area contributed by atoms with E-state index in [9.17, 15) is 4.79 Å².